The summed E-state index contributed by atoms with van der Waals surface area (Å²) in [5.41, 5.74) is 0. The number of nitrogens with one attached hydrogen (secondary N) is 3. The second-order valence-corrected chi connectivity index (χ2v) is 29.1. The molecule has 9 heterocycles. The third kappa shape index (κ3) is 20.5. The highest BCUT2D eigenvalue weighted by atomic mass is 32.3. The van der Waals surface area contributed by atoms with Crippen molar-refractivity contribution >= 4 is 34.1 Å². The van der Waals surface area contributed by atoms with Gasteiger partial charge in [-0.15, -0.1) is 0 Å². The minimum Gasteiger partial charge on any atom is -0.479 e. The lowest BCUT2D eigenvalue weighted by atomic mass is 9.93. The lowest BCUT2D eigenvalue weighted by Crippen LogP contribution is -2.71. The van der Waals surface area contributed by atoms with Crippen LogP contribution >= 0.6 is 0 Å². The molecule has 52 heteroatoms. The van der Waals surface area contributed by atoms with Crippen LogP contribution in [0.2, 0.25) is 0 Å². The van der Waals surface area contributed by atoms with E-state index in [-0.39, 0.29) is 0 Å². The van der Waals surface area contributed by atoms with Gasteiger partial charge >= 0.3 is 16.4 Å². The molecule has 0 bridgehead atoms. The number of ether oxygens (including phenoxy) is 17. The Morgan fingerprint density at radius 2 is 0.696 bits per heavy atom. The molecule has 0 spiro atoms. The van der Waals surface area contributed by atoms with Crippen molar-refractivity contribution in [2.45, 2.75) is 311 Å². The molecular weight excluding hydrogens is 1560 g/mol. The van der Waals surface area contributed by atoms with E-state index in [1.165, 1.54) is 6.92 Å². The first-order valence-electron chi connectivity index (χ1n) is 35.0. The van der Waals surface area contributed by atoms with E-state index >= 15 is 0 Å². The Morgan fingerprint density at radius 1 is 0.321 bits per heavy atom. The van der Waals surface area contributed by atoms with Gasteiger partial charge in [0, 0.05) is 20.8 Å². The van der Waals surface area contributed by atoms with Gasteiger partial charge in [0.05, 0.1) is 51.8 Å². The highest BCUT2D eigenvalue weighted by Crippen LogP contribution is 2.41. The maximum absolute atomic E-state index is 13.2. The minimum absolute atomic E-state index is 0.848. The number of aliphatic carboxylic acids is 1. The number of aliphatic hydroxyl groups excluding tert-OH is 22. The molecule has 45 atom stereocenters. The molecule has 9 aliphatic heterocycles. The van der Waals surface area contributed by atoms with Crippen molar-refractivity contribution in [3.63, 3.8) is 0 Å². The highest BCUT2D eigenvalue weighted by Gasteiger charge is 2.62. The van der Waals surface area contributed by atoms with Gasteiger partial charge in [-0.25, -0.2) is 8.98 Å². The number of hydrogen-bond donors (Lipinski definition) is 27. The van der Waals surface area contributed by atoms with Crippen LogP contribution in [-0.2, 0) is 114 Å². The normalized spacial score (nSPS) is 49.1. The average molecular weight is 1660 g/mol. The topological polar surface area (TPSA) is 790 Å². The van der Waals surface area contributed by atoms with Crippen molar-refractivity contribution in [3.05, 3.63) is 0 Å². The molecule has 3 amide bonds. The van der Waals surface area contributed by atoms with Gasteiger partial charge in [0.1, 0.15) is 201 Å². The van der Waals surface area contributed by atoms with E-state index in [1.807, 2.05) is 0 Å². The molecule has 9 saturated heterocycles. The third-order valence-electron chi connectivity index (χ3n) is 20.0. The Hall–Kier alpha value is -3.81. The number of carbonyl (C=O) groups excluding carboxylic acids is 3. The molecule has 0 unspecified atom stereocenters. The monoisotopic (exact) mass is 1660 g/mol. The zero-order valence-electron chi connectivity index (χ0n) is 59.7. The van der Waals surface area contributed by atoms with Crippen LogP contribution in [0.4, 0.5) is 0 Å². The largest absolute Gasteiger partial charge is 0.479 e. The summed E-state index contributed by atoms with van der Waals surface area (Å²) < 4.78 is 139. The van der Waals surface area contributed by atoms with Gasteiger partial charge in [0.2, 0.25) is 17.7 Å². The summed E-state index contributed by atoms with van der Waals surface area (Å²) in [6.45, 7) is -2.22. The molecular formula is C60H99N3O48S. The molecule has 51 nitrogen and oxygen atoms in total. The van der Waals surface area contributed by atoms with E-state index in [0.717, 1.165) is 27.7 Å². The maximum atomic E-state index is 13.2. The Morgan fingerprint density at radius 3 is 1.23 bits per heavy atom. The van der Waals surface area contributed by atoms with E-state index < -0.39 is 350 Å². The predicted octanol–water partition coefficient (Wildman–Crippen LogP) is -18.2. The summed E-state index contributed by atoms with van der Waals surface area (Å²) in [5.74, 6) is -4.78. The number of carboxylic acids is 1. The van der Waals surface area contributed by atoms with Crippen molar-refractivity contribution in [2.24, 2.45) is 0 Å². The van der Waals surface area contributed by atoms with Crippen molar-refractivity contribution in [2.75, 3.05) is 39.6 Å². The molecule has 112 heavy (non-hydrogen) atoms. The zero-order chi connectivity index (χ0) is 82.9. The Balaban J connectivity index is 1.12. The van der Waals surface area contributed by atoms with Gasteiger partial charge in [-0.2, -0.15) is 8.42 Å². The molecule has 9 rings (SSSR count). The Kier molecular flexibility index (Phi) is 32.0. The fourth-order valence-electron chi connectivity index (χ4n) is 14.1. The summed E-state index contributed by atoms with van der Waals surface area (Å²) in [7, 11) is -5.37. The quantitative estimate of drug-likeness (QED) is 0.0324. The minimum atomic E-state index is -5.37. The van der Waals surface area contributed by atoms with Crippen LogP contribution in [0.1, 0.15) is 34.6 Å². The second kappa shape index (κ2) is 38.9. The fourth-order valence-corrected chi connectivity index (χ4v) is 14.4. The Labute approximate surface area is 633 Å². The molecule has 27 N–H and O–H groups in total. The number of amides is 3. The summed E-state index contributed by atoms with van der Waals surface area (Å²) in [5, 5.41) is 264. The van der Waals surface area contributed by atoms with Crippen molar-refractivity contribution in [1.29, 1.82) is 0 Å². The Bertz CT molecular complexity index is 3170. The average Bonchev–Trinajstić information content (AvgIpc) is 0.754. The number of carboxylic acid groups (broad SMARTS) is 1. The van der Waals surface area contributed by atoms with Gasteiger partial charge < -0.3 is 214 Å². The molecule has 0 saturated carbocycles. The lowest BCUT2D eigenvalue weighted by molar-refractivity contribution is -0.420. The van der Waals surface area contributed by atoms with Gasteiger partial charge in [0.25, 0.3) is 0 Å². The number of aliphatic hydroxyl groups is 22. The van der Waals surface area contributed by atoms with Gasteiger partial charge in [0.15, 0.2) is 62.7 Å². The summed E-state index contributed by atoms with van der Waals surface area (Å²) >= 11 is 0. The van der Waals surface area contributed by atoms with Crippen LogP contribution in [-0.4, -0.2) is 470 Å². The zero-order valence-corrected chi connectivity index (χ0v) is 60.5. The molecule has 9 fully saturated rings. The summed E-state index contributed by atoms with van der Waals surface area (Å²) in [6.07, 6.45) is -92.4. The van der Waals surface area contributed by atoms with E-state index in [9.17, 15) is 150 Å². The standard InChI is InChI=1S/C60H99N3O48S/c1-12-26(71)33(78)38(83)55(96-12)106-46-25(63-16(5)70)53(103-22(31(46)76)11-95-112(91,92)93)94-10-21-30(75)45(24(52(90)98-21)62-15(4)69)107-60-50(111-56-39(84)34(79)27(72)13(2)97-56)49(110-59-42(87)47(29(74)18(7-65)100-59)108-58-40(85)35(80)36(81)48(109-58)51(88)89)44(20(9-67)102-60)105-57-41(86)37(82)43(19(8-66)101-57)104-54-23(61-14(3)68)32(77)28(73)17(6-64)99-54/h12-13,17-50,52-60,64-67,71-87,90H,6-11H2,1-5H3,(H,61,68)(H,62,69)(H,63,70)(H,88,89)(H,91,92,93)/t12-,13-,17+,18+,19+,20+,21+,22+,23+,24+,25+,26+,27+,28-,29-,30-,31+,32+,33+,34+,35-,36-,37+,38-,39-,40+,41+,42+,43-,44-,45+,46+,47-,48-,49-,50+,52+,53+,54+,55-,56-,57-,58+,59-,60-/m0/s1. The van der Waals surface area contributed by atoms with Crippen LogP contribution in [0.3, 0.4) is 0 Å². The second-order valence-electron chi connectivity index (χ2n) is 28.0. The molecule has 0 aliphatic carbocycles. The van der Waals surface area contributed by atoms with Gasteiger partial charge in [-0.05, 0) is 13.8 Å². The van der Waals surface area contributed by atoms with Crippen molar-refractivity contribution < 1.29 is 234 Å². The van der Waals surface area contributed by atoms with E-state index in [0.29, 0.717) is 0 Å². The van der Waals surface area contributed by atoms with E-state index in [1.54, 1.807) is 0 Å². The molecule has 0 aromatic carbocycles. The maximum Gasteiger partial charge on any atom is 0.397 e. The first-order valence-corrected chi connectivity index (χ1v) is 36.4. The van der Waals surface area contributed by atoms with Crippen LogP contribution in [0.15, 0.2) is 0 Å². The molecule has 0 aromatic heterocycles. The molecule has 648 valence electrons. The fraction of sp³-hybridized carbons (Fsp3) is 0.933. The summed E-state index contributed by atoms with van der Waals surface area (Å²) in [4.78, 5) is 50.7. The van der Waals surface area contributed by atoms with Gasteiger partial charge in [-0.1, -0.05) is 0 Å². The lowest BCUT2D eigenvalue weighted by Gasteiger charge is -2.53. The van der Waals surface area contributed by atoms with Crippen LogP contribution in [0, 0.1) is 0 Å². The highest BCUT2D eigenvalue weighted by molar-refractivity contribution is 7.80. The van der Waals surface area contributed by atoms with E-state index in [4.69, 9.17) is 80.5 Å². The van der Waals surface area contributed by atoms with E-state index in [2.05, 4.69) is 20.1 Å². The first-order chi connectivity index (χ1) is 52.6. The number of carbonyl (C=O) groups is 4. The SMILES string of the molecule is CC(=O)N[C@@H]1[C@@H](O[C@@H]2O[C@H](CO)[C@H](O[C@@H]3O[C@H](CO)[C@H](O[C@H]4O[C@H](CO)[C@H](O)[C@H](O)[C@H]4NC(C)=O)[C@H](O)[C@H]3O)[C@H](O[C@@H]3O[C@H](CO)[C@H](O)[C@H](O[C@@H]4O[C@H](C(=O)O)[C@@H](O)[C@H](O)[C@H]4O)[C@H]3O)[C@H]2O[C@@H]2O[C@@H](C)[C@@H](O)[C@@H](O)[C@@H]2O)[C@@H](O)[C@@H](CO[C@@H]2O[C@H](COS(=O)(=O)O)[C@@H](O)[C@H](O[C@@H]3O[C@@H](C)[C@@H](O)[C@@H](O)[C@@H]3O)[C@H]2NC(C)=O)O[C@H]1O. The molecule has 0 radical (unpaired) electrons. The molecule has 9 aliphatic rings. The smallest absolute Gasteiger partial charge is 0.397 e. The van der Waals surface area contributed by atoms with Crippen LogP contribution in [0.5, 0.6) is 0 Å². The van der Waals surface area contributed by atoms with Gasteiger partial charge in [-0.3, -0.25) is 18.9 Å². The van der Waals surface area contributed by atoms with Crippen LogP contribution in [0.25, 0.3) is 0 Å². The van der Waals surface area contributed by atoms with Crippen molar-refractivity contribution in [3.8, 4) is 0 Å². The number of hydrogen-bond acceptors (Lipinski definition) is 46. The van der Waals surface area contributed by atoms with Crippen molar-refractivity contribution in [1.82, 2.24) is 16.0 Å². The first kappa shape index (κ1) is 92.1. The third-order valence-corrected chi connectivity index (χ3v) is 20.5. The predicted molar refractivity (Wildman–Crippen MR) is 340 cm³/mol. The number of rotatable bonds is 28. The van der Waals surface area contributed by atoms with Crippen LogP contribution < -0.4 is 16.0 Å². The molecule has 0 aromatic rings. The summed E-state index contributed by atoms with van der Waals surface area (Å²) in [6, 6.07) is -5.70.